The molecule has 0 spiro atoms. The van der Waals surface area contributed by atoms with Crippen LogP contribution in [0.1, 0.15) is 32.1 Å². The van der Waals surface area contributed by atoms with E-state index in [4.69, 9.17) is 12.2 Å². The lowest BCUT2D eigenvalue weighted by Gasteiger charge is -2.24. The summed E-state index contributed by atoms with van der Waals surface area (Å²) in [5.41, 5.74) is 0.102. The minimum absolute atomic E-state index is 0.102. The SMILES string of the molecule is Fc1cc(NC(=S)NC2CCCCC2)cc(F)c1F. The van der Waals surface area contributed by atoms with Crippen molar-refractivity contribution in [3.8, 4) is 0 Å². The lowest BCUT2D eigenvalue weighted by Crippen LogP contribution is -2.38. The van der Waals surface area contributed by atoms with Crippen LogP contribution in [0.5, 0.6) is 0 Å². The molecule has 1 aliphatic rings. The van der Waals surface area contributed by atoms with E-state index in [1.807, 2.05) is 0 Å². The molecule has 0 atom stereocenters. The van der Waals surface area contributed by atoms with Crippen LogP contribution in [-0.2, 0) is 0 Å². The molecule has 0 amide bonds. The van der Waals surface area contributed by atoms with Crippen molar-refractivity contribution in [2.75, 3.05) is 5.32 Å². The number of halogens is 3. The number of nitrogens with one attached hydrogen (secondary N) is 2. The highest BCUT2D eigenvalue weighted by Crippen LogP contribution is 2.19. The van der Waals surface area contributed by atoms with E-state index in [1.165, 1.54) is 6.42 Å². The predicted molar refractivity (Wildman–Crippen MR) is 72.5 cm³/mol. The Labute approximate surface area is 115 Å². The fraction of sp³-hybridized carbons (Fsp3) is 0.462. The maximum absolute atomic E-state index is 13.0. The van der Waals surface area contributed by atoms with Gasteiger partial charge >= 0.3 is 0 Å². The van der Waals surface area contributed by atoms with Gasteiger partial charge in [0.1, 0.15) is 0 Å². The summed E-state index contributed by atoms with van der Waals surface area (Å²) in [7, 11) is 0. The van der Waals surface area contributed by atoms with Gasteiger partial charge in [-0.2, -0.15) is 0 Å². The summed E-state index contributed by atoms with van der Waals surface area (Å²) >= 11 is 5.08. The van der Waals surface area contributed by atoms with Crippen molar-refractivity contribution in [1.82, 2.24) is 5.32 Å². The van der Waals surface area contributed by atoms with E-state index in [2.05, 4.69) is 10.6 Å². The van der Waals surface area contributed by atoms with Gasteiger partial charge in [-0.25, -0.2) is 13.2 Å². The van der Waals surface area contributed by atoms with Crippen LogP contribution in [0.15, 0.2) is 12.1 Å². The van der Waals surface area contributed by atoms with E-state index < -0.39 is 17.5 Å². The first-order valence-electron chi connectivity index (χ1n) is 6.28. The number of benzene rings is 1. The molecule has 0 bridgehead atoms. The first kappa shape index (κ1) is 14.1. The molecule has 0 aromatic heterocycles. The molecular formula is C13H15F3N2S. The molecule has 1 aliphatic carbocycles. The predicted octanol–water partition coefficient (Wildman–Crippen LogP) is 3.72. The second-order valence-electron chi connectivity index (χ2n) is 4.69. The lowest BCUT2D eigenvalue weighted by atomic mass is 9.96. The highest BCUT2D eigenvalue weighted by Gasteiger charge is 2.15. The summed E-state index contributed by atoms with van der Waals surface area (Å²) in [4.78, 5) is 0. The molecule has 0 saturated heterocycles. The number of thiocarbonyl (C=S) groups is 1. The van der Waals surface area contributed by atoms with Gasteiger partial charge in [0, 0.05) is 23.9 Å². The third-order valence-electron chi connectivity index (χ3n) is 3.18. The fourth-order valence-electron chi connectivity index (χ4n) is 2.23. The summed E-state index contributed by atoms with van der Waals surface area (Å²) in [6.45, 7) is 0. The molecule has 1 saturated carbocycles. The van der Waals surface area contributed by atoms with E-state index in [9.17, 15) is 13.2 Å². The third kappa shape index (κ3) is 3.83. The molecule has 2 nitrogen and oxygen atoms in total. The van der Waals surface area contributed by atoms with Crippen molar-refractivity contribution in [3.05, 3.63) is 29.6 Å². The van der Waals surface area contributed by atoms with Gasteiger partial charge in [-0.1, -0.05) is 19.3 Å². The van der Waals surface area contributed by atoms with Crippen molar-refractivity contribution < 1.29 is 13.2 Å². The Balaban J connectivity index is 1.94. The van der Waals surface area contributed by atoms with Crippen LogP contribution in [0, 0.1) is 17.5 Å². The van der Waals surface area contributed by atoms with Crippen LogP contribution < -0.4 is 10.6 Å². The van der Waals surface area contributed by atoms with E-state index >= 15 is 0 Å². The van der Waals surface area contributed by atoms with Crippen molar-refractivity contribution in [2.45, 2.75) is 38.1 Å². The number of hydrogen-bond acceptors (Lipinski definition) is 1. The Hall–Kier alpha value is -1.30. The van der Waals surface area contributed by atoms with E-state index in [1.54, 1.807) is 0 Å². The minimum atomic E-state index is -1.48. The van der Waals surface area contributed by atoms with Gasteiger partial charge in [-0.3, -0.25) is 0 Å². The number of rotatable bonds is 2. The lowest BCUT2D eigenvalue weighted by molar-refractivity contribution is 0.414. The molecule has 6 heteroatoms. The summed E-state index contributed by atoms with van der Waals surface area (Å²) < 4.78 is 38.9. The normalized spacial score (nSPS) is 16.2. The summed E-state index contributed by atoms with van der Waals surface area (Å²) in [5, 5.41) is 6.08. The van der Waals surface area contributed by atoms with Gasteiger partial charge in [0.05, 0.1) is 0 Å². The van der Waals surface area contributed by atoms with E-state index in [0.29, 0.717) is 11.2 Å². The Morgan fingerprint density at radius 1 is 1.05 bits per heavy atom. The molecule has 0 radical (unpaired) electrons. The average Bonchev–Trinajstić information content (AvgIpc) is 2.37. The second-order valence-corrected chi connectivity index (χ2v) is 5.10. The van der Waals surface area contributed by atoms with Gasteiger partial charge in [0.15, 0.2) is 22.6 Å². The van der Waals surface area contributed by atoms with Crippen LogP contribution in [0.3, 0.4) is 0 Å². The Morgan fingerprint density at radius 3 is 2.21 bits per heavy atom. The summed E-state index contributed by atoms with van der Waals surface area (Å²) in [6, 6.07) is 2.06. The third-order valence-corrected chi connectivity index (χ3v) is 3.40. The van der Waals surface area contributed by atoms with Gasteiger partial charge in [0.25, 0.3) is 0 Å². The van der Waals surface area contributed by atoms with Crippen LogP contribution in [0.4, 0.5) is 18.9 Å². The van der Waals surface area contributed by atoms with Crippen LogP contribution in [-0.4, -0.2) is 11.2 Å². The highest BCUT2D eigenvalue weighted by atomic mass is 32.1. The Morgan fingerprint density at radius 2 is 1.63 bits per heavy atom. The van der Waals surface area contributed by atoms with Gasteiger partial charge in [-0.15, -0.1) is 0 Å². The number of hydrogen-bond donors (Lipinski definition) is 2. The van der Waals surface area contributed by atoms with Crippen LogP contribution in [0.2, 0.25) is 0 Å². The highest BCUT2D eigenvalue weighted by molar-refractivity contribution is 7.80. The van der Waals surface area contributed by atoms with E-state index in [-0.39, 0.29) is 5.69 Å². The fourth-order valence-corrected chi connectivity index (χ4v) is 2.51. The van der Waals surface area contributed by atoms with E-state index in [0.717, 1.165) is 37.8 Å². The minimum Gasteiger partial charge on any atom is -0.360 e. The van der Waals surface area contributed by atoms with Gasteiger partial charge < -0.3 is 10.6 Å². The Kier molecular flexibility index (Phi) is 4.63. The Bertz CT molecular complexity index is 450. The number of anilines is 1. The van der Waals surface area contributed by atoms with Crippen molar-refractivity contribution >= 4 is 23.0 Å². The molecule has 1 aromatic carbocycles. The first-order chi connectivity index (χ1) is 9.06. The topological polar surface area (TPSA) is 24.1 Å². The molecule has 2 N–H and O–H groups in total. The molecule has 2 rings (SSSR count). The summed E-state index contributed by atoms with van der Waals surface area (Å²) in [5.74, 6) is -3.94. The zero-order valence-corrected chi connectivity index (χ0v) is 11.1. The molecule has 0 heterocycles. The zero-order valence-electron chi connectivity index (χ0n) is 10.3. The van der Waals surface area contributed by atoms with Gasteiger partial charge in [-0.05, 0) is 25.1 Å². The molecule has 0 unspecified atom stereocenters. The zero-order chi connectivity index (χ0) is 13.8. The quantitative estimate of drug-likeness (QED) is 0.640. The largest absolute Gasteiger partial charge is 0.360 e. The molecule has 1 aromatic rings. The van der Waals surface area contributed by atoms with Gasteiger partial charge in [0.2, 0.25) is 0 Å². The standard InChI is InChI=1S/C13H15F3N2S/c14-10-6-9(7-11(15)12(10)16)18-13(19)17-8-4-2-1-3-5-8/h6-8H,1-5H2,(H2,17,18,19). The van der Waals surface area contributed by atoms with Crippen molar-refractivity contribution in [2.24, 2.45) is 0 Å². The van der Waals surface area contributed by atoms with Crippen LogP contribution >= 0.6 is 12.2 Å². The van der Waals surface area contributed by atoms with Crippen molar-refractivity contribution in [1.29, 1.82) is 0 Å². The molecule has 1 fully saturated rings. The molecule has 19 heavy (non-hydrogen) atoms. The van der Waals surface area contributed by atoms with Crippen LogP contribution in [0.25, 0.3) is 0 Å². The van der Waals surface area contributed by atoms with Crippen molar-refractivity contribution in [3.63, 3.8) is 0 Å². The smallest absolute Gasteiger partial charge is 0.194 e. The maximum atomic E-state index is 13.0. The second kappa shape index (κ2) is 6.23. The molecular weight excluding hydrogens is 273 g/mol. The molecule has 0 aliphatic heterocycles. The average molecular weight is 288 g/mol. The summed E-state index contributed by atoms with van der Waals surface area (Å²) in [6.07, 6.45) is 5.61. The maximum Gasteiger partial charge on any atom is 0.194 e. The monoisotopic (exact) mass is 288 g/mol. The molecule has 104 valence electrons. The first-order valence-corrected chi connectivity index (χ1v) is 6.69.